The minimum atomic E-state index is -1.07. The minimum Gasteiger partial charge on any atom is -0.479 e. The topological polar surface area (TPSA) is 84.7 Å². The zero-order valence-corrected chi connectivity index (χ0v) is 12.8. The van der Waals surface area contributed by atoms with E-state index in [-0.39, 0.29) is 19.1 Å². The summed E-state index contributed by atoms with van der Waals surface area (Å²) in [6.07, 6.45) is 2.06. The molecule has 2 heterocycles. The van der Waals surface area contributed by atoms with E-state index in [0.717, 1.165) is 5.69 Å². The molecule has 0 radical (unpaired) electrons. The molecule has 1 aliphatic rings. The Morgan fingerprint density at radius 3 is 2.96 bits per heavy atom. The van der Waals surface area contributed by atoms with Gasteiger partial charge in [0, 0.05) is 17.8 Å². The van der Waals surface area contributed by atoms with Crippen LogP contribution in [0.5, 0.6) is 0 Å². The van der Waals surface area contributed by atoms with Crippen molar-refractivity contribution in [3.63, 3.8) is 0 Å². The number of aromatic nitrogens is 2. The summed E-state index contributed by atoms with van der Waals surface area (Å²) < 4.78 is 6.66. The van der Waals surface area contributed by atoms with E-state index in [4.69, 9.17) is 21.4 Å². The van der Waals surface area contributed by atoms with E-state index < -0.39 is 12.1 Å². The maximum absolute atomic E-state index is 12.5. The standard InChI is InChI=1S/C15H14ClN3O4/c16-11-2-1-3-12(6-11)19-8-10(7-17-19)14(20)18-4-5-23-13(9-18)15(21)22/h1-3,6-8,13H,4-5,9H2,(H,21,22). The molecule has 1 N–H and O–H groups in total. The van der Waals surface area contributed by atoms with Gasteiger partial charge in [0.05, 0.1) is 30.6 Å². The lowest BCUT2D eigenvalue weighted by Crippen LogP contribution is -2.48. The number of carboxylic acids is 1. The number of hydrogen-bond donors (Lipinski definition) is 1. The third-order valence-corrected chi connectivity index (χ3v) is 3.77. The first kappa shape index (κ1) is 15.5. The number of amides is 1. The number of morpholine rings is 1. The van der Waals surface area contributed by atoms with E-state index in [0.29, 0.717) is 17.1 Å². The molecule has 7 nitrogen and oxygen atoms in total. The monoisotopic (exact) mass is 335 g/mol. The fourth-order valence-electron chi connectivity index (χ4n) is 2.36. The molecule has 3 rings (SSSR count). The highest BCUT2D eigenvalue weighted by molar-refractivity contribution is 6.30. The highest BCUT2D eigenvalue weighted by atomic mass is 35.5. The number of halogens is 1. The van der Waals surface area contributed by atoms with Crippen molar-refractivity contribution < 1.29 is 19.4 Å². The van der Waals surface area contributed by atoms with Crippen LogP contribution >= 0.6 is 11.6 Å². The molecule has 1 aliphatic heterocycles. The summed E-state index contributed by atoms with van der Waals surface area (Å²) in [4.78, 5) is 24.9. The molecular weight excluding hydrogens is 322 g/mol. The summed E-state index contributed by atoms with van der Waals surface area (Å²) in [6.45, 7) is 0.576. The fourth-order valence-corrected chi connectivity index (χ4v) is 2.54. The maximum Gasteiger partial charge on any atom is 0.334 e. The van der Waals surface area contributed by atoms with Gasteiger partial charge in [-0.2, -0.15) is 5.10 Å². The van der Waals surface area contributed by atoms with Gasteiger partial charge in [0.2, 0.25) is 0 Å². The van der Waals surface area contributed by atoms with Crippen LogP contribution in [-0.2, 0) is 9.53 Å². The first-order valence-electron chi connectivity index (χ1n) is 6.99. The van der Waals surface area contributed by atoms with Gasteiger partial charge in [-0.05, 0) is 18.2 Å². The Morgan fingerprint density at radius 2 is 2.22 bits per heavy atom. The van der Waals surface area contributed by atoms with Gasteiger partial charge in [-0.3, -0.25) is 4.79 Å². The van der Waals surface area contributed by atoms with E-state index in [1.807, 2.05) is 6.07 Å². The lowest BCUT2D eigenvalue weighted by Gasteiger charge is -2.30. The van der Waals surface area contributed by atoms with Crippen molar-refractivity contribution in [3.8, 4) is 5.69 Å². The summed E-state index contributed by atoms with van der Waals surface area (Å²) in [5, 5.41) is 13.7. The van der Waals surface area contributed by atoms with Gasteiger partial charge in [0.15, 0.2) is 6.10 Å². The Morgan fingerprint density at radius 1 is 1.39 bits per heavy atom. The number of carbonyl (C=O) groups excluding carboxylic acids is 1. The average Bonchev–Trinajstić information content (AvgIpc) is 3.04. The van der Waals surface area contributed by atoms with Gasteiger partial charge in [0.25, 0.3) is 5.91 Å². The highest BCUT2D eigenvalue weighted by Crippen LogP contribution is 2.16. The molecule has 0 spiro atoms. The van der Waals surface area contributed by atoms with Crippen LogP contribution in [-0.4, -0.2) is 57.5 Å². The van der Waals surface area contributed by atoms with Crippen LogP contribution in [0, 0.1) is 0 Å². The molecule has 23 heavy (non-hydrogen) atoms. The Kier molecular flexibility index (Phi) is 4.31. The van der Waals surface area contributed by atoms with Crippen molar-refractivity contribution in [1.82, 2.24) is 14.7 Å². The number of ether oxygens (including phenoxy) is 1. The number of carbonyl (C=O) groups is 2. The number of rotatable bonds is 3. The van der Waals surface area contributed by atoms with Crippen molar-refractivity contribution in [2.45, 2.75) is 6.10 Å². The largest absolute Gasteiger partial charge is 0.479 e. The second kappa shape index (κ2) is 6.39. The number of carboxylic acid groups (broad SMARTS) is 1. The van der Waals surface area contributed by atoms with Crippen LogP contribution in [0.15, 0.2) is 36.7 Å². The quantitative estimate of drug-likeness (QED) is 0.917. The first-order chi connectivity index (χ1) is 11.0. The molecule has 2 aromatic rings. The summed E-state index contributed by atoms with van der Waals surface area (Å²) in [6, 6.07) is 7.10. The van der Waals surface area contributed by atoms with Crippen molar-refractivity contribution in [2.75, 3.05) is 19.7 Å². The summed E-state index contributed by atoms with van der Waals surface area (Å²) in [7, 11) is 0. The number of benzene rings is 1. The first-order valence-corrected chi connectivity index (χ1v) is 7.36. The van der Waals surface area contributed by atoms with E-state index >= 15 is 0 Å². The molecule has 1 unspecified atom stereocenters. The van der Waals surface area contributed by atoms with Crippen molar-refractivity contribution in [1.29, 1.82) is 0 Å². The van der Waals surface area contributed by atoms with Crippen LogP contribution in [0.3, 0.4) is 0 Å². The zero-order valence-electron chi connectivity index (χ0n) is 12.1. The predicted molar refractivity (Wildman–Crippen MR) is 81.9 cm³/mol. The summed E-state index contributed by atoms with van der Waals surface area (Å²) in [5.74, 6) is -1.34. The lowest BCUT2D eigenvalue weighted by atomic mass is 10.2. The van der Waals surface area contributed by atoms with Gasteiger partial charge in [-0.1, -0.05) is 17.7 Å². The van der Waals surface area contributed by atoms with Gasteiger partial charge < -0.3 is 14.7 Å². The minimum absolute atomic E-state index is 0.0243. The molecule has 1 aromatic carbocycles. The average molecular weight is 336 g/mol. The summed E-state index contributed by atoms with van der Waals surface area (Å²) in [5.41, 5.74) is 1.12. The van der Waals surface area contributed by atoms with E-state index in [9.17, 15) is 9.59 Å². The Balaban J connectivity index is 1.77. The van der Waals surface area contributed by atoms with Crippen LogP contribution in [0.25, 0.3) is 5.69 Å². The second-order valence-corrected chi connectivity index (χ2v) is 5.54. The second-order valence-electron chi connectivity index (χ2n) is 5.10. The van der Waals surface area contributed by atoms with E-state index in [1.54, 1.807) is 29.1 Å². The normalized spacial score (nSPS) is 18.0. The Labute approximate surface area is 137 Å². The molecule has 1 saturated heterocycles. The molecule has 8 heteroatoms. The molecule has 1 amide bonds. The fraction of sp³-hybridized carbons (Fsp3) is 0.267. The Hall–Kier alpha value is -2.38. The molecule has 1 atom stereocenters. The number of hydrogen-bond acceptors (Lipinski definition) is 4. The molecule has 1 aromatic heterocycles. The molecular formula is C15H14ClN3O4. The molecule has 1 fully saturated rings. The van der Waals surface area contributed by atoms with Crippen molar-refractivity contribution in [2.24, 2.45) is 0 Å². The van der Waals surface area contributed by atoms with E-state index in [2.05, 4.69) is 5.10 Å². The van der Waals surface area contributed by atoms with Gasteiger partial charge >= 0.3 is 5.97 Å². The maximum atomic E-state index is 12.5. The molecule has 0 aliphatic carbocycles. The molecule has 120 valence electrons. The van der Waals surface area contributed by atoms with Crippen molar-refractivity contribution in [3.05, 3.63) is 47.2 Å². The van der Waals surface area contributed by atoms with Crippen LogP contribution < -0.4 is 0 Å². The smallest absolute Gasteiger partial charge is 0.334 e. The number of nitrogens with zero attached hydrogens (tertiary/aromatic N) is 3. The summed E-state index contributed by atoms with van der Waals surface area (Å²) >= 11 is 5.95. The van der Waals surface area contributed by atoms with Crippen LogP contribution in [0.1, 0.15) is 10.4 Å². The molecule has 0 bridgehead atoms. The zero-order chi connectivity index (χ0) is 16.4. The lowest BCUT2D eigenvalue weighted by molar-refractivity contribution is -0.154. The van der Waals surface area contributed by atoms with Crippen LogP contribution in [0.2, 0.25) is 5.02 Å². The Bertz CT molecular complexity index is 746. The number of aliphatic carboxylic acids is 1. The van der Waals surface area contributed by atoms with Crippen molar-refractivity contribution >= 4 is 23.5 Å². The third-order valence-electron chi connectivity index (χ3n) is 3.53. The van der Waals surface area contributed by atoms with Crippen LogP contribution in [0.4, 0.5) is 0 Å². The van der Waals surface area contributed by atoms with E-state index in [1.165, 1.54) is 11.1 Å². The third kappa shape index (κ3) is 3.35. The SMILES string of the molecule is O=C(O)C1CN(C(=O)c2cnn(-c3cccc(Cl)c3)c2)CCO1. The van der Waals surface area contributed by atoms with Gasteiger partial charge in [-0.25, -0.2) is 9.48 Å². The highest BCUT2D eigenvalue weighted by Gasteiger charge is 2.29. The van der Waals surface area contributed by atoms with Gasteiger partial charge in [0.1, 0.15) is 0 Å². The van der Waals surface area contributed by atoms with Gasteiger partial charge in [-0.15, -0.1) is 0 Å². The molecule has 0 saturated carbocycles. The predicted octanol–water partition coefficient (Wildman–Crippen LogP) is 1.45.